The Hall–Kier alpha value is -2.54. The molecule has 23 heavy (non-hydrogen) atoms. The van der Waals surface area contributed by atoms with Crippen molar-refractivity contribution in [2.24, 2.45) is 0 Å². The van der Waals surface area contributed by atoms with Crippen LogP contribution in [-0.4, -0.2) is 14.1 Å². The molecule has 0 spiro atoms. The fourth-order valence-corrected chi connectivity index (χ4v) is 2.97. The Morgan fingerprint density at radius 2 is 1.17 bits per heavy atom. The maximum Gasteiger partial charge on any atom is 0.0361 e. The molecule has 0 aromatic heterocycles. The monoisotopic (exact) mass is 301 g/mol. The van der Waals surface area contributed by atoms with Crippen LogP contribution in [-0.2, 0) is 6.42 Å². The second-order valence-electron chi connectivity index (χ2n) is 6.14. The Morgan fingerprint density at radius 3 is 1.74 bits per heavy atom. The zero-order chi connectivity index (χ0) is 16.1. The zero-order valence-electron chi connectivity index (χ0n) is 13.8. The van der Waals surface area contributed by atoms with E-state index in [0.717, 1.165) is 6.42 Å². The highest BCUT2D eigenvalue weighted by Gasteiger charge is 2.15. The van der Waals surface area contributed by atoms with Crippen molar-refractivity contribution >= 4 is 5.69 Å². The molecule has 3 aromatic carbocycles. The second kappa shape index (κ2) is 7.15. The van der Waals surface area contributed by atoms with Crippen LogP contribution in [0.1, 0.15) is 22.6 Å². The number of hydrogen-bond acceptors (Lipinski definition) is 1. The molecule has 0 heterocycles. The molecule has 0 unspecified atom stereocenters. The lowest BCUT2D eigenvalue weighted by Crippen LogP contribution is -2.09. The van der Waals surface area contributed by atoms with E-state index in [9.17, 15) is 0 Å². The summed E-state index contributed by atoms with van der Waals surface area (Å²) in [5.74, 6) is 0.384. The van der Waals surface area contributed by atoms with Gasteiger partial charge in [-0.1, -0.05) is 72.8 Å². The highest BCUT2D eigenvalue weighted by Crippen LogP contribution is 2.29. The van der Waals surface area contributed by atoms with Crippen molar-refractivity contribution in [3.63, 3.8) is 0 Å². The smallest absolute Gasteiger partial charge is 0.0361 e. The van der Waals surface area contributed by atoms with Crippen LogP contribution in [0.2, 0.25) is 0 Å². The van der Waals surface area contributed by atoms with E-state index >= 15 is 0 Å². The summed E-state index contributed by atoms with van der Waals surface area (Å²) in [5.41, 5.74) is 5.35. The zero-order valence-corrected chi connectivity index (χ0v) is 13.8. The van der Waals surface area contributed by atoms with Gasteiger partial charge in [-0.3, -0.25) is 0 Å². The van der Waals surface area contributed by atoms with Crippen LogP contribution in [0, 0.1) is 0 Å². The van der Waals surface area contributed by atoms with Crippen LogP contribution in [0.3, 0.4) is 0 Å². The van der Waals surface area contributed by atoms with Gasteiger partial charge in [-0.05, 0) is 35.2 Å². The Kier molecular flexibility index (Phi) is 4.77. The molecular weight excluding hydrogens is 278 g/mol. The molecule has 0 aliphatic carbocycles. The summed E-state index contributed by atoms with van der Waals surface area (Å²) in [5, 5.41) is 0. The first-order chi connectivity index (χ1) is 11.2. The van der Waals surface area contributed by atoms with Crippen LogP contribution in [0.25, 0.3) is 0 Å². The van der Waals surface area contributed by atoms with Gasteiger partial charge in [-0.25, -0.2) is 0 Å². The summed E-state index contributed by atoms with van der Waals surface area (Å²) in [4.78, 5) is 2.14. The van der Waals surface area contributed by atoms with Gasteiger partial charge in [-0.15, -0.1) is 0 Å². The largest absolute Gasteiger partial charge is 0.378 e. The van der Waals surface area contributed by atoms with E-state index in [0.29, 0.717) is 5.92 Å². The number of nitrogens with zero attached hydrogens (tertiary/aromatic N) is 1. The molecule has 1 nitrogen and oxygen atoms in total. The second-order valence-corrected chi connectivity index (χ2v) is 6.14. The molecule has 0 aliphatic rings. The van der Waals surface area contributed by atoms with Crippen molar-refractivity contribution in [1.29, 1.82) is 0 Å². The maximum atomic E-state index is 2.26. The first-order valence-electron chi connectivity index (χ1n) is 8.10. The lowest BCUT2D eigenvalue weighted by molar-refractivity contribution is 0.805. The van der Waals surface area contributed by atoms with Crippen molar-refractivity contribution in [2.75, 3.05) is 19.0 Å². The van der Waals surface area contributed by atoms with Crippen LogP contribution in [0.5, 0.6) is 0 Å². The molecule has 3 rings (SSSR count). The topological polar surface area (TPSA) is 3.24 Å². The molecule has 0 saturated carbocycles. The number of hydrogen-bond donors (Lipinski definition) is 0. The van der Waals surface area contributed by atoms with Crippen molar-refractivity contribution in [1.82, 2.24) is 0 Å². The van der Waals surface area contributed by atoms with Crippen LogP contribution in [0.4, 0.5) is 5.69 Å². The average molecular weight is 301 g/mol. The molecular formula is C22H23N. The minimum atomic E-state index is 0.384. The fourth-order valence-electron chi connectivity index (χ4n) is 2.97. The molecule has 3 aromatic rings. The average Bonchev–Trinajstić information content (AvgIpc) is 2.61. The molecule has 0 N–H and O–H groups in total. The molecule has 0 fully saturated rings. The number of rotatable bonds is 5. The van der Waals surface area contributed by atoms with Gasteiger partial charge in [0.2, 0.25) is 0 Å². The highest BCUT2D eigenvalue weighted by atomic mass is 15.1. The third-order valence-corrected chi connectivity index (χ3v) is 4.30. The SMILES string of the molecule is CN(C)c1ccc([C@H](Cc2ccccc2)c2ccccc2)cc1. The standard InChI is InChI=1S/C22H23N/c1-23(2)21-15-13-20(14-16-21)22(19-11-7-4-8-12-19)17-18-9-5-3-6-10-18/h3-16,22H,17H2,1-2H3/t22-/m1/s1. The molecule has 0 saturated heterocycles. The highest BCUT2D eigenvalue weighted by molar-refractivity contribution is 5.48. The van der Waals surface area contributed by atoms with Crippen molar-refractivity contribution in [3.8, 4) is 0 Å². The van der Waals surface area contributed by atoms with Crippen molar-refractivity contribution < 1.29 is 0 Å². The maximum absolute atomic E-state index is 2.26. The summed E-state index contributed by atoms with van der Waals surface area (Å²) in [6.45, 7) is 0. The lowest BCUT2D eigenvalue weighted by Gasteiger charge is -2.20. The normalized spacial score (nSPS) is 11.9. The van der Waals surface area contributed by atoms with Gasteiger partial charge >= 0.3 is 0 Å². The number of benzene rings is 3. The van der Waals surface area contributed by atoms with E-state index in [1.54, 1.807) is 0 Å². The van der Waals surface area contributed by atoms with Crippen molar-refractivity contribution in [3.05, 3.63) is 102 Å². The van der Waals surface area contributed by atoms with Gasteiger partial charge < -0.3 is 4.90 Å². The quantitative estimate of drug-likeness (QED) is 0.631. The number of anilines is 1. The van der Waals surface area contributed by atoms with Gasteiger partial charge in [0.25, 0.3) is 0 Å². The van der Waals surface area contributed by atoms with Gasteiger partial charge in [0, 0.05) is 25.7 Å². The van der Waals surface area contributed by atoms with Gasteiger partial charge in [0.05, 0.1) is 0 Å². The molecule has 116 valence electrons. The van der Waals surface area contributed by atoms with Gasteiger partial charge in [0.1, 0.15) is 0 Å². The molecule has 0 radical (unpaired) electrons. The Balaban J connectivity index is 1.94. The van der Waals surface area contributed by atoms with Gasteiger partial charge in [-0.2, -0.15) is 0 Å². The molecule has 0 amide bonds. The summed E-state index contributed by atoms with van der Waals surface area (Å²) < 4.78 is 0. The van der Waals surface area contributed by atoms with E-state index < -0.39 is 0 Å². The van der Waals surface area contributed by atoms with Crippen LogP contribution in [0.15, 0.2) is 84.9 Å². The van der Waals surface area contributed by atoms with Crippen LogP contribution >= 0.6 is 0 Å². The van der Waals surface area contributed by atoms with Crippen molar-refractivity contribution in [2.45, 2.75) is 12.3 Å². The minimum absolute atomic E-state index is 0.384. The first kappa shape index (κ1) is 15.4. The van der Waals surface area contributed by atoms with E-state index in [-0.39, 0.29) is 0 Å². The van der Waals surface area contributed by atoms with E-state index in [1.807, 2.05) is 0 Å². The molecule has 1 atom stereocenters. The summed E-state index contributed by atoms with van der Waals surface area (Å²) in [6, 6.07) is 30.5. The fraction of sp³-hybridized carbons (Fsp3) is 0.182. The Labute approximate surface area is 139 Å². The van der Waals surface area contributed by atoms with Gasteiger partial charge in [0.15, 0.2) is 0 Å². The molecule has 0 bridgehead atoms. The Morgan fingerprint density at radius 1 is 0.652 bits per heavy atom. The lowest BCUT2D eigenvalue weighted by atomic mass is 9.86. The molecule has 1 heteroatoms. The summed E-state index contributed by atoms with van der Waals surface area (Å²) in [6.07, 6.45) is 1.02. The van der Waals surface area contributed by atoms with Crippen LogP contribution < -0.4 is 4.90 Å². The van der Waals surface area contributed by atoms with E-state index in [1.165, 1.54) is 22.4 Å². The predicted molar refractivity (Wildman–Crippen MR) is 99.2 cm³/mol. The third-order valence-electron chi connectivity index (χ3n) is 4.30. The Bertz CT molecular complexity index is 715. The molecule has 0 aliphatic heterocycles. The minimum Gasteiger partial charge on any atom is -0.378 e. The third kappa shape index (κ3) is 3.81. The van der Waals surface area contributed by atoms with E-state index in [4.69, 9.17) is 0 Å². The summed E-state index contributed by atoms with van der Waals surface area (Å²) >= 11 is 0. The summed E-state index contributed by atoms with van der Waals surface area (Å²) in [7, 11) is 4.15. The first-order valence-corrected chi connectivity index (χ1v) is 8.10. The van der Waals surface area contributed by atoms with E-state index in [2.05, 4.69) is 104 Å². The predicted octanol–water partition coefficient (Wildman–Crippen LogP) is 5.13.